The van der Waals surface area contributed by atoms with Crippen LogP contribution in [0.3, 0.4) is 0 Å². The van der Waals surface area contributed by atoms with E-state index in [2.05, 4.69) is 10.3 Å². The molecule has 0 bridgehead atoms. The summed E-state index contributed by atoms with van der Waals surface area (Å²) in [6.07, 6.45) is 3.97. The quantitative estimate of drug-likeness (QED) is 0.371. The Labute approximate surface area is 102 Å². The van der Waals surface area contributed by atoms with Crippen molar-refractivity contribution in [3.63, 3.8) is 0 Å². The number of pyridine rings is 2. The molecule has 7 heteroatoms. The molecule has 0 aliphatic heterocycles. The molecule has 2 N–H and O–H groups in total. The highest BCUT2D eigenvalue weighted by molar-refractivity contribution is 5.66. The molecule has 0 atom stereocenters. The second-order valence-corrected chi connectivity index (χ2v) is 3.69. The topological polar surface area (TPSA) is 92.2 Å². The van der Waals surface area contributed by atoms with Gasteiger partial charge in [-0.25, -0.2) is 0 Å². The van der Waals surface area contributed by atoms with Crippen LogP contribution in [-0.4, -0.2) is 15.1 Å². The van der Waals surface area contributed by atoms with Crippen LogP contribution < -0.4 is 10.0 Å². The Morgan fingerprint density at radius 2 is 2.22 bits per heavy atom. The highest BCUT2D eigenvalue weighted by atomic mass is 16.6. The Bertz CT molecular complexity index is 583. The molecule has 18 heavy (non-hydrogen) atoms. The van der Waals surface area contributed by atoms with E-state index in [9.17, 15) is 15.3 Å². The van der Waals surface area contributed by atoms with E-state index >= 15 is 0 Å². The molecule has 0 spiro atoms. The van der Waals surface area contributed by atoms with E-state index in [1.54, 1.807) is 18.3 Å². The Morgan fingerprint density at radius 1 is 1.44 bits per heavy atom. The summed E-state index contributed by atoms with van der Waals surface area (Å²) in [5, 5.41) is 23.0. The molecule has 92 valence electrons. The van der Waals surface area contributed by atoms with Crippen molar-refractivity contribution in [3.05, 3.63) is 52.6 Å². The van der Waals surface area contributed by atoms with Gasteiger partial charge in [-0.05, 0) is 19.1 Å². The summed E-state index contributed by atoms with van der Waals surface area (Å²) in [5.41, 5.74) is 1.52. The van der Waals surface area contributed by atoms with Crippen molar-refractivity contribution in [1.82, 2.24) is 4.98 Å². The van der Waals surface area contributed by atoms with Gasteiger partial charge in [0.25, 0.3) is 6.20 Å². The number of hydrogen-bond donors (Lipinski definition) is 2. The summed E-state index contributed by atoms with van der Waals surface area (Å²) in [4.78, 5) is 14.4. The highest BCUT2D eigenvalue weighted by Gasteiger charge is 2.18. The molecule has 0 unspecified atom stereocenters. The van der Waals surface area contributed by atoms with Crippen LogP contribution in [0.2, 0.25) is 0 Å². The fourth-order valence-corrected chi connectivity index (χ4v) is 1.43. The summed E-state index contributed by atoms with van der Waals surface area (Å²) in [7, 11) is 0. The average molecular weight is 247 g/mol. The normalized spacial score (nSPS) is 10.1. The Balaban J connectivity index is 2.35. The molecule has 0 aliphatic rings. The van der Waals surface area contributed by atoms with Crippen LogP contribution in [0.4, 0.5) is 17.1 Å². The predicted molar refractivity (Wildman–Crippen MR) is 62.7 cm³/mol. The van der Waals surface area contributed by atoms with E-state index in [0.29, 0.717) is 5.69 Å². The minimum absolute atomic E-state index is 0.124. The monoisotopic (exact) mass is 247 g/mol. The predicted octanol–water partition coefficient (Wildman–Crippen LogP) is 1.57. The zero-order chi connectivity index (χ0) is 13.1. The van der Waals surface area contributed by atoms with Crippen molar-refractivity contribution in [2.24, 2.45) is 0 Å². The molecule has 0 amide bonds. The number of hydrogen-bond acceptors (Lipinski definition) is 5. The lowest BCUT2D eigenvalue weighted by Crippen LogP contribution is -2.29. The maximum atomic E-state index is 10.8. The minimum Gasteiger partial charge on any atom is -0.344 e. The third kappa shape index (κ3) is 2.51. The van der Waals surface area contributed by atoms with Crippen LogP contribution in [0.15, 0.2) is 36.8 Å². The van der Waals surface area contributed by atoms with Gasteiger partial charge in [0.2, 0.25) is 6.20 Å². The van der Waals surface area contributed by atoms with Crippen LogP contribution >= 0.6 is 0 Å². The maximum absolute atomic E-state index is 10.8. The molecular formula is C11H11N4O3+. The van der Waals surface area contributed by atoms with Crippen LogP contribution in [0, 0.1) is 17.0 Å². The maximum Gasteiger partial charge on any atom is 0.305 e. The molecule has 7 nitrogen and oxygen atoms in total. The number of aryl methyl sites for hydroxylation is 1. The van der Waals surface area contributed by atoms with Gasteiger partial charge in [0.1, 0.15) is 0 Å². The molecule has 0 aliphatic carbocycles. The van der Waals surface area contributed by atoms with Crippen molar-refractivity contribution in [2.45, 2.75) is 6.92 Å². The SMILES string of the molecule is Cc1ccc(Nc2c[n+](O)ccc2[N+](=O)[O-])cn1. The molecule has 0 fully saturated rings. The van der Waals surface area contributed by atoms with Gasteiger partial charge in [0.15, 0.2) is 5.69 Å². The lowest BCUT2D eigenvalue weighted by Gasteiger charge is -2.04. The highest BCUT2D eigenvalue weighted by Crippen LogP contribution is 2.24. The van der Waals surface area contributed by atoms with Gasteiger partial charge in [-0.15, -0.1) is 0 Å². The number of nitrogens with zero attached hydrogens (tertiary/aromatic N) is 3. The summed E-state index contributed by atoms with van der Waals surface area (Å²) in [6, 6.07) is 4.74. The third-order valence-corrected chi connectivity index (χ3v) is 2.31. The standard InChI is InChI=1S/C11H11N4O3/c1-8-2-3-9(6-12-8)13-10-7-14(16)5-4-11(10)15(17)18/h2-7,13,16H,1H3/q+1. The molecule has 2 rings (SSSR count). The first-order chi connectivity index (χ1) is 8.56. The van der Waals surface area contributed by atoms with Crippen molar-refractivity contribution in [3.8, 4) is 0 Å². The Kier molecular flexibility index (Phi) is 3.05. The molecule has 2 aromatic rings. The summed E-state index contributed by atoms with van der Waals surface area (Å²) < 4.78 is 0.747. The molecule has 0 aromatic carbocycles. The van der Waals surface area contributed by atoms with Gasteiger partial charge in [0, 0.05) is 10.4 Å². The van der Waals surface area contributed by atoms with Crippen LogP contribution in [-0.2, 0) is 0 Å². The van der Waals surface area contributed by atoms with E-state index in [1.165, 1.54) is 18.5 Å². The van der Waals surface area contributed by atoms with Gasteiger partial charge >= 0.3 is 5.69 Å². The first kappa shape index (κ1) is 11.8. The molecule has 0 saturated heterocycles. The van der Waals surface area contributed by atoms with Crippen molar-refractivity contribution < 1.29 is 14.9 Å². The number of anilines is 2. The van der Waals surface area contributed by atoms with Gasteiger partial charge in [-0.3, -0.25) is 20.3 Å². The summed E-state index contributed by atoms with van der Waals surface area (Å²) in [5.74, 6) is 0. The van der Waals surface area contributed by atoms with Crippen LogP contribution in [0.1, 0.15) is 5.69 Å². The number of nitro groups is 1. The van der Waals surface area contributed by atoms with Gasteiger partial charge < -0.3 is 5.32 Å². The fourth-order valence-electron chi connectivity index (χ4n) is 1.43. The number of nitrogens with one attached hydrogen (secondary N) is 1. The van der Waals surface area contributed by atoms with E-state index in [0.717, 1.165) is 10.4 Å². The van der Waals surface area contributed by atoms with E-state index in [4.69, 9.17) is 0 Å². The molecule has 2 aromatic heterocycles. The summed E-state index contributed by atoms with van der Waals surface area (Å²) >= 11 is 0. The fraction of sp³-hybridized carbons (Fsp3) is 0.0909. The van der Waals surface area contributed by atoms with Gasteiger partial charge in [-0.1, -0.05) is 0 Å². The van der Waals surface area contributed by atoms with Gasteiger partial charge in [-0.2, -0.15) is 0 Å². The van der Waals surface area contributed by atoms with Crippen LogP contribution in [0.25, 0.3) is 0 Å². The smallest absolute Gasteiger partial charge is 0.305 e. The van der Waals surface area contributed by atoms with Crippen molar-refractivity contribution in [2.75, 3.05) is 5.32 Å². The minimum atomic E-state index is -0.524. The largest absolute Gasteiger partial charge is 0.344 e. The number of aromatic nitrogens is 2. The first-order valence-corrected chi connectivity index (χ1v) is 5.15. The molecule has 0 radical (unpaired) electrons. The van der Waals surface area contributed by atoms with E-state index in [1.807, 2.05) is 6.92 Å². The molecule has 0 saturated carbocycles. The molecular weight excluding hydrogens is 236 g/mol. The zero-order valence-corrected chi connectivity index (χ0v) is 9.57. The third-order valence-electron chi connectivity index (χ3n) is 2.31. The Hall–Kier alpha value is -2.70. The second-order valence-electron chi connectivity index (χ2n) is 3.69. The number of rotatable bonds is 3. The second kappa shape index (κ2) is 4.66. The lowest BCUT2D eigenvalue weighted by molar-refractivity contribution is -0.904. The first-order valence-electron chi connectivity index (χ1n) is 5.15. The van der Waals surface area contributed by atoms with E-state index in [-0.39, 0.29) is 11.4 Å². The van der Waals surface area contributed by atoms with E-state index < -0.39 is 4.92 Å². The van der Waals surface area contributed by atoms with Crippen LogP contribution in [0.5, 0.6) is 0 Å². The zero-order valence-electron chi connectivity index (χ0n) is 9.57. The van der Waals surface area contributed by atoms with Crippen molar-refractivity contribution >= 4 is 17.1 Å². The Morgan fingerprint density at radius 3 is 2.83 bits per heavy atom. The average Bonchev–Trinajstić information content (AvgIpc) is 2.32. The van der Waals surface area contributed by atoms with Gasteiger partial charge in [0.05, 0.1) is 22.9 Å². The summed E-state index contributed by atoms with van der Waals surface area (Å²) in [6.45, 7) is 1.84. The molecule has 2 heterocycles. The lowest BCUT2D eigenvalue weighted by atomic mass is 10.3. The van der Waals surface area contributed by atoms with Crippen molar-refractivity contribution in [1.29, 1.82) is 0 Å².